The molecule has 1 amide bonds. The van der Waals surface area contributed by atoms with E-state index in [2.05, 4.69) is 42.7 Å². The first kappa shape index (κ1) is 16.9. The summed E-state index contributed by atoms with van der Waals surface area (Å²) in [5, 5.41) is 6.22. The van der Waals surface area contributed by atoms with Gasteiger partial charge < -0.3 is 15.4 Å². The molecular formula is C19H24N2O2. The van der Waals surface area contributed by atoms with Crippen LogP contribution in [0.4, 0.5) is 11.4 Å². The molecule has 0 unspecified atom stereocenters. The highest BCUT2D eigenvalue weighted by Gasteiger charge is 2.07. The molecule has 0 saturated carbocycles. The molecule has 0 spiro atoms. The predicted molar refractivity (Wildman–Crippen MR) is 95.3 cm³/mol. The summed E-state index contributed by atoms with van der Waals surface area (Å²) >= 11 is 0. The normalized spacial score (nSPS) is 10.2. The minimum atomic E-state index is -0.0324. The first-order valence-electron chi connectivity index (χ1n) is 7.93. The Bertz CT molecular complexity index is 668. The Balaban J connectivity index is 1.87. The number of carbonyl (C=O) groups is 1. The number of rotatable bonds is 7. The fourth-order valence-corrected chi connectivity index (χ4v) is 2.30. The molecular weight excluding hydrogens is 288 g/mol. The molecule has 0 aliphatic carbocycles. The van der Waals surface area contributed by atoms with E-state index in [1.54, 1.807) is 0 Å². The molecule has 2 N–H and O–H groups in total. The fourth-order valence-electron chi connectivity index (χ4n) is 2.30. The Hall–Kier alpha value is -2.49. The maximum Gasteiger partial charge on any atom is 0.226 e. The molecule has 0 atom stereocenters. The molecule has 0 saturated heterocycles. The second-order valence-corrected chi connectivity index (χ2v) is 5.47. The number of hydrogen-bond donors (Lipinski definition) is 2. The second-order valence-electron chi connectivity index (χ2n) is 5.47. The van der Waals surface area contributed by atoms with Crippen LogP contribution in [-0.4, -0.2) is 19.1 Å². The molecule has 0 fully saturated rings. The van der Waals surface area contributed by atoms with Crippen molar-refractivity contribution in [2.75, 3.05) is 23.8 Å². The molecule has 122 valence electrons. The summed E-state index contributed by atoms with van der Waals surface area (Å²) in [5.41, 5.74) is 4.17. The second kappa shape index (κ2) is 8.22. The van der Waals surface area contributed by atoms with Gasteiger partial charge in [0.25, 0.3) is 0 Å². The van der Waals surface area contributed by atoms with Crippen LogP contribution in [0.2, 0.25) is 0 Å². The maximum absolute atomic E-state index is 12.1. The van der Waals surface area contributed by atoms with Gasteiger partial charge in [0.05, 0.1) is 12.3 Å². The van der Waals surface area contributed by atoms with Crippen LogP contribution in [0.25, 0.3) is 0 Å². The van der Waals surface area contributed by atoms with Gasteiger partial charge in [-0.1, -0.05) is 24.3 Å². The Labute approximate surface area is 137 Å². The van der Waals surface area contributed by atoms with Crippen LogP contribution < -0.4 is 15.4 Å². The lowest BCUT2D eigenvalue weighted by atomic mass is 10.1. The van der Waals surface area contributed by atoms with Gasteiger partial charge in [0, 0.05) is 18.7 Å². The maximum atomic E-state index is 12.1. The van der Waals surface area contributed by atoms with Crippen molar-refractivity contribution in [3.8, 4) is 5.75 Å². The zero-order valence-corrected chi connectivity index (χ0v) is 14.0. The van der Waals surface area contributed by atoms with Gasteiger partial charge in [0.15, 0.2) is 0 Å². The van der Waals surface area contributed by atoms with E-state index in [1.807, 2.05) is 31.2 Å². The third-order valence-corrected chi connectivity index (χ3v) is 3.52. The van der Waals surface area contributed by atoms with Gasteiger partial charge in [-0.2, -0.15) is 0 Å². The van der Waals surface area contributed by atoms with Crippen molar-refractivity contribution < 1.29 is 9.53 Å². The quantitative estimate of drug-likeness (QED) is 0.808. The molecule has 23 heavy (non-hydrogen) atoms. The topological polar surface area (TPSA) is 50.4 Å². The summed E-state index contributed by atoms with van der Waals surface area (Å²) in [4.78, 5) is 12.1. The lowest BCUT2D eigenvalue weighted by Crippen LogP contribution is -2.17. The number of anilines is 2. The summed E-state index contributed by atoms with van der Waals surface area (Å²) in [6, 6.07) is 13.7. The van der Waals surface area contributed by atoms with E-state index in [1.165, 1.54) is 11.1 Å². The van der Waals surface area contributed by atoms with Crippen LogP contribution in [0.1, 0.15) is 24.5 Å². The molecule has 2 aromatic carbocycles. The predicted octanol–water partition coefficient (Wildman–Crippen LogP) is 4.14. The van der Waals surface area contributed by atoms with Crippen molar-refractivity contribution >= 4 is 17.3 Å². The molecule has 2 rings (SSSR count). The average molecular weight is 312 g/mol. The first-order chi connectivity index (χ1) is 11.1. The van der Waals surface area contributed by atoms with E-state index < -0.39 is 0 Å². The highest BCUT2D eigenvalue weighted by atomic mass is 16.5. The average Bonchev–Trinajstić information content (AvgIpc) is 2.53. The van der Waals surface area contributed by atoms with Crippen LogP contribution in [0.15, 0.2) is 42.5 Å². The lowest BCUT2D eigenvalue weighted by Gasteiger charge is -2.12. The zero-order valence-electron chi connectivity index (χ0n) is 14.0. The van der Waals surface area contributed by atoms with E-state index in [4.69, 9.17) is 4.74 Å². The summed E-state index contributed by atoms with van der Waals surface area (Å²) in [7, 11) is 0. The van der Waals surface area contributed by atoms with Crippen LogP contribution in [-0.2, 0) is 4.79 Å². The minimum absolute atomic E-state index is 0.0324. The first-order valence-corrected chi connectivity index (χ1v) is 7.93. The molecule has 0 aliphatic rings. The summed E-state index contributed by atoms with van der Waals surface area (Å²) in [6.07, 6.45) is 0.397. The molecule has 4 nitrogen and oxygen atoms in total. The molecule has 0 aromatic heterocycles. The molecule has 0 heterocycles. The molecule has 2 aromatic rings. The van der Waals surface area contributed by atoms with Gasteiger partial charge in [0.2, 0.25) is 5.91 Å². The van der Waals surface area contributed by atoms with E-state index in [9.17, 15) is 4.79 Å². The van der Waals surface area contributed by atoms with Crippen LogP contribution in [0, 0.1) is 13.8 Å². The van der Waals surface area contributed by atoms with Crippen molar-refractivity contribution in [3.05, 3.63) is 53.6 Å². The number of hydrogen-bond acceptors (Lipinski definition) is 3. The van der Waals surface area contributed by atoms with Crippen LogP contribution in [0.5, 0.6) is 5.75 Å². The summed E-state index contributed by atoms with van der Waals surface area (Å²) in [6.45, 7) is 7.20. The van der Waals surface area contributed by atoms with E-state index in [-0.39, 0.29) is 5.91 Å². The highest BCUT2D eigenvalue weighted by Crippen LogP contribution is 2.23. The fraction of sp³-hybridized carbons (Fsp3) is 0.316. The standard InChI is InChI=1S/C19H24N2O2/c1-4-23-18-8-6-5-7-16(18)21-19(22)11-12-20-17-13-14(2)9-10-15(17)3/h5-10,13,20H,4,11-12H2,1-3H3,(H,21,22). The third-order valence-electron chi connectivity index (χ3n) is 3.52. The molecule has 0 aliphatic heterocycles. The van der Waals surface area contributed by atoms with Gasteiger partial charge in [-0.15, -0.1) is 0 Å². The number of amides is 1. The van der Waals surface area contributed by atoms with Gasteiger partial charge in [0.1, 0.15) is 5.75 Å². The zero-order chi connectivity index (χ0) is 16.7. The number of carbonyl (C=O) groups excluding carboxylic acids is 1. The van der Waals surface area contributed by atoms with Crippen LogP contribution in [0.3, 0.4) is 0 Å². The number of aryl methyl sites for hydroxylation is 2. The van der Waals surface area contributed by atoms with Crippen molar-refractivity contribution in [2.24, 2.45) is 0 Å². The van der Waals surface area contributed by atoms with Crippen molar-refractivity contribution in [1.29, 1.82) is 0 Å². The SMILES string of the molecule is CCOc1ccccc1NC(=O)CCNc1cc(C)ccc1C. The molecule has 4 heteroatoms. The van der Waals surface area contributed by atoms with E-state index in [0.29, 0.717) is 31.0 Å². The monoisotopic (exact) mass is 312 g/mol. The van der Waals surface area contributed by atoms with Crippen molar-refractivity contribution in [2.45, 2.75) is 27.2 Å². The summed E-state index contributed by atoms with van der Waals surface area (Å²) in [5.74, 6) is 0.667. The van der Waals surface area contributed by atoms with E-state index in [0.717, 1.165) is 5.69 Å². The smallest absolute Gasteiger partial charge is 0.226 e. The van der Waals surface area contributed by atoms with Gasteiger partial charge in [-0.05, 0) is 50.1 Å². The van der Waals surface area contributed by atoms with Crippen LogP contribution >= 0.6 is 0 Å². The summed E-state index contributed by atoms with van der Waals surface area (Å²) < 4.78 is 5.51. The van der Waals surface area contributed by atoms with E-state index >= 15 is 0 Å². The van der Waals surface area contributed by atoms with Gasteiger partial charge >= 0.3 is 0 Å². The minimum Gasteiger partial charge on any atom is -0.492 e. The number of nitrogens with one attached hydrogen (secondary N) is 2. The van der Waals surface area contributed by atoms with Crippen molar-refractivity contribution in [1.82, 2.24) is 0 Å². The Morgan fingerprint density at radius 2 is 1.87 bits per heavy atom. The number of benzene rings is 2. The largest absolute Gasteiger partial charge is 0.492 e. The number of ether oxygens (including phenoxy) is 1. The van der Waals surface area contributed by atoms with Crippen molar-refractivity contribution in [3.63, 3.8) is 0 Å². The van der Waals surface area contributed by atoms with Gasteiger partial charge in [-0.25, -0.2) is 0 Å². The Kier molecular flexibility index (Phi) is 6.03. The number of para-hydroxylation sites is 2. The van der Waals surface area contributed by atoms with Gasteiger partial charge in [-0.3, -0.25) is 4.79 Å². The molecule has 0 radical (unpaired) electrons. The lowest BCUT2D eigenvalue weighted by molar-refractivity contribution is -0.116. The Morgan fingerprint density at radius 3 is 2.65 bits per heavy atom. The highest BCUT2D eigenvalue weighted by molar-refractivity contribution is 5.92. The third kappa shape index (κ3) is 5.02. The molecule has 0 bridgehead atoms. The Morgan fingerprint density at radius 1 is 1.09 bits per heavy atom.